The molecule has 3 aromatic rings. The largest absolute Gasteiger partial charge is 0.464 e. The number of rotatable bonds is 3. The Morgan fingerprint density at radius 3 is 2.75 bits per heavy atom. The van der Waals surface area contributed by atoms with E-state index in [2.05, 4.69) is 4.98 Å². The van der Waals surface area contributed by atoms with Crippen molar-refractivity contribution in [3.63, 3.8) is 0 Å². The molecule has 2 heterocycles. The number of methoxy groups -OCH3 is 1. The Kier molecular flexibility index (Phi) is 3.21. The molecule has 20 heavy (non-hydrogen) atoms. The van der Waals surface area contributed by atoms with Crippen molar-refractivity contribution in [3.05, 3.63) is 66.1 Å². The highest BCUT2D eigenvalue weighted by molar-refractivity contribution is 5.95. The lowest BCUT2D eigenvalue weighted by Crippen LogP contribution is -2.11. The van der Waals surface area contributed by atoms with Gasteiger partial charge >= 0.3 is 5.97 Å². The standard InChI is InChI=1S/C16H14N2O2/c1-20-16(19)15-10-12-6-2-3-8-14(12)18(15)11-13-7-4-5-9-17-13/h2-10H,11H2,1H3. The molecule has 0 aliphatic heterocycles. The van der Waals surface area contributed by atoms with Gasteiger partial charge in [0.15, 0.2) is 0 Å². The van der Waals surface area contributed by atoms with E-state index in [4.69, 9.17) is 4.74 Å². The molecule has 0 spiro atoms. The van der Waals surface area contributed by atoms with Gasteiger partial charge in [0.25, 0.3) is 0 Å². The van der Waals surface area contributed by atoms with E-state index in [0.29, 0.717) is 12.2 Å². The minimum atomic E-state index is -0.336. The van der Waals surface area contributed by atoms with Gasteiger partial charge in [-0.15, -0.1) is 0 Å². The van der Waals surface area contributed by atoms with Crippen molar-refractivity contribution in [1.82, 2.24) is 9.55 Å². The van der Waals surface area contributed by atoms with Crippen LogP contribution in [0.3, 0.4) is 0 Å². The molecule has 0 aliphatic rings. The first kappa shape index (κ1) is 12.4. The average molecular weight is 266 g/mol. The number of ether oxygens (including phenoxy) is 1. The molecule has 0 unspecified atom stereocenters. The zero-order valence-electron chi connectivity index (χ0n) is 11.1. The van der Waals surface area contributed by atoms with Gasteiger partial charge in [-0.25, -0.2) is 4.79 Å². The molecule has 4 heteroatoms. The fourth-order valence-electron chi connectivity index (χ4n) is 2.31. The highest BCUT2D eigenvalue weighted by atomic mass is 16.5. The van der Waals surface area contributed by atoms with Crippen molar-refractivity contribution in [2.75, 3.05) is 7.11 Å². The van der Waals surface area contributed by atoms with Gasteiger partial charge in [-0.1, -0.05) is 24.3 Å². The molecule has 100 valence electrons. The maximum Gasteiger partial charge on any atom is 0.354 e. The third-order valence-electron chi connectivity index (χ3n) is 3.25. The fraction of sp³-hybridized carbons (Fsp3) is 0.125. The topological polar surface area (TPSA) is 44.1 Å². The third kappa shape index (κ3) is 2.16. The molecule has 0 atom stereocenters. The van der Waals surface area contributed by atoms with Crippen molar-refractivity contribution in [2.45, 2.75) is 6.54 Å². The molecule has 3 rings (SSSR count). The van der Waals surface area contributed by atoms with E-state index in [1.165, 1.54) is 7.11 Å². The van der Waals surface area contributed by atoms with Crippen LogP contribution >= 0.6 is 0 Å². The van der Waals surface area contributed by atoms with Crippen LogP contribution in [0.15, 0.2) is 54.7 Å². The summed E-state index contributed by atoms with van der Waals surface area (Å²) in [5, 5.41) is 1.02. The van der Waals surface area contributed by atoms with Gasteiger partial charge < -0.3 is 9.30 Å². The van der Waals surface area contributed by atoms with Crippen molar-refractivity contribution in [3.8, 4) is 0 Å². The first-order chi connectivity index (χ1) is 9.79. The molecule has 4 nitrogen and oxygen atoms in total. The highest BCUT2D eigenvalue weighted by Crippen LogP contribution is 2.21. The van der Waals surface area contributed by atoms with E-state index in [1.54, 1.807) is 6.20 Å². The summed E-state index contributed by atoms with van der Waals surface area (Å²) < 4.78 is 6.80. The van der Waals surface area contributed by atoms with E-state index >= 15 is 0 Å². The average Bonchev–Trinajstić information content (AvgIpc) is 2.86. The van der Waals surface area contributed by atoms with Crippen LogP contribution in [0.25, 0.3) is 10.9 Å². The predicted octanol–water partition coefficient (Wildman–Crippen LogP) is 2.87. The van der Waals surface area contributed by atoms with Gasteiger partial charge in [0.1, 0.15) is 5.69 Å². The Morgan fingerprint density at radius 2 is 2.00 bits per heavy atom. The minimum absolute atomic E-state index is 0.336. The lowest BCUT2D eigenvalue weighted by Gasteiger charge is -2.09. The zero-order chi connectivity index (χ0) is 13.9. The lowest BCUT2D eigenvalue weighted by molar-refractivity contribution is 0.0589. The van der Waals surface area contributed by atoms with Crippen LogP contribution in [-0.4, -0.2) is 22.6 Å². The molecule has 0 saturated carbocycles. The molecule has 0 radical (unpaired) electrons. The molecule has 2 aromatic heterocycles. The maximum absolute atomic E-state index is 11.9. The Morgan fingerprint density at radius 1 is 1.20 bits per heavy atom. The monoisotopic (exact) mass is 266 g/mol. The minimum Gasteiger partial charge on any atom is -0.464 e. The number of esters is 1. The summed E-state index contributed by atoms with van der Waals surface area (Å²) in [4.78, 5) is 16.2. The van der Waals surface area contributed by atoms with E-state index < -0.39 is 0 Å². The summed E-state index contributed by atoms with van der Waals surface area (Å²) in [5.74, 6) is -0.336. The van der Waals surface area contributed by atoms with Crippen molar-refractivity contribution in [1.29, 1.82) is 0 Å². The van der Waals surface area contributed by atoms with Gasteiger partial charge in [-0.3, -0.25) is 4.98 Å². The second-order valence-corrected chi connectivity index (χ2v) is 4.49. The van der Waals surface area contributed by atoms with Gasteiger partial charge in [-0.2, -0.15) is 0 Å². The summed E-state index contributed by atoms with van der Waals surface area (Å²) in [5.41, 5.74) is 2.44. The number of nitrogens with zero attached hydrogens (tertiary/aromatic N) is 2. The van der Waals surface area contributed by atoms with Crippen LogP contribution < -0.4 is 0 Å². The number of carbonyl (C=O) groups is 1. The summed E-state index contributed by atoms with van der Waals surface area (Å²) in [6.07, 6.45) is 1.75. The number of hydrogen-bond donors (Lipinski definition) is 0. The molecular weight excluding hydrogens is 252 g/mol. The molecule has 0 saturated heterocycles. The second kappa shape index (κ2) is 5.17. The quantitative estimate of drug-likeness (QED) is 0.685. The smallest absolute Gasteiger partial charge is 0.354 e. The zero-order valence-corrected chi connectivity index (χ0v) is 11.1. The van der Waals surface area contributed by atoms with Crippen LogP contribution in [0.2, 0.25) is 0 Å². The van der Waals surface area contributed by atoms with E-state index in [0.717, 1.165) is 16.6 Å². The molecule has 0 amide bonds. The number of para-hydroxylation sites is 1. The number of benzene rings is 1. The van der Waals surface area contributed by atoms with E-state index in [1.807, 2.05) is 53.1 Å². The molecule has 0 bridgehead atoms. The van der Waals surface area contributed by atoms with Crippen LogP contribution in [0.4, 0.5) is 0 Å². The summed E-state index contributed by atoms with van der Waals surface area (Å²) in [6, 6.07) is 15.5. The predicted molar refractivity (Wildman–Crippen MR) is 76.6 cm³/mol. The van der Waals surface area contributed by atoms with E-state index in [9.17, 15) is 4.79 Å². The summed E-state index contributed by atoms with van der Waals surface area (Å²) >= 11 is 0. The Bertz CT molecular complexity index is 748. The van der Waals surface area contributed by atoms with Crippen molar-refractivity contribution >= 4 is 16.9 Å². The van der Waals surface area contributed by atoms with Crippen molar-refractivity contribution < 1.29 is 9.53 Å². The fourth-order valence-corrected chi connectivity index (χ4v) is 2.31. The van der Waals surface area contributed by atoms with Crippen LogP contribution in [0.5, 0.6) is 0 Å². The Labute approximate surface area is 116 Å². The van der Waals surface area contributed by atoms with Gasteiger partial charge in [0, 0.05) is 17.1 Å². The first-order valence-corrected chi connectivity index (χ1v) is 6.36. The maximum atomic E-state index is 11.9. The lowest BCUT2D eigenvalue weighted by atomic mass is 10.2. The molecule has 0 aliphatic carbocycles. The SMILES string of the molecule is COC(=O)c1cc2ccccc2n1Cc1ccccn1. The van der Waals surface area contributed by atoms with Crippen LogP contribution in [-0.2, 0) is 11.3 Å². The first-order valence-electron chi connectivity index (χ1n) is 6.36. The van der Waals surface area contributed by atoms with Gasteiger partial charge in [0.05, 0.1) is 19.3 Å². The highest BCUT2D eigenvalue weighted by Gasteiger charge is 2.16. The number of aromatic nitrogens is 2. The number of hydrogen-bond acceptors (Lipinski definition) is 3. The number of carbonyl (C=O) groups excluding carboxylic acids is 1. The summed E-state index contributed by atoms with van der Waals surface area (Å²) in [6.45, 7) is 0.540. The molecule has 1 aromatic carbocycles. The normalized spacial score (nSPS) is 10.7. The Balaban J connectivity index is 2.13. The molecule has 0 N–H and O–H groups in total. The second-order valence-electron chi connectivity index (χ2n) is 4.49. The Hall–Kier alpha value is -2.62. The van der Waals surface area contributed by atoms with Crippen LogP contribution in [0.1, 0.15) is 16.2 Å². The number of fused-ring (bicyclic) bond motifs is 1. The van der Waals surface area contributed by atoms with Gasteiger partial charge in [-0.05, 0) is 24.3 Å². The number of pyridine rings is 1. The molecule has 0 fully saturated rings. The van der Waals surface area contributed by atoms with Crippen LogP contribution in [0, 0.1) is 0 Å². The van der Waals surface area contributed by atoms with Crippen molar-refractivity contribution in [2.24, 2.45) is 0 Å². The van der Waals surface area contributed by atoms with E-state index in [-0.39, 0.29) is 5.97 Å². The third-order valence-corrected chi connectivity index (χ3v) is 3.25. The van der Waals surface area contributed by atoms with Gasteiger partial charge in [0.2, 0.25) is 0 Å². The summed E-state index contributed by atoms with van der Waals surface area (Å²) in [7, 11) is 1.39. The molecular formula is C16H14N2O2.